The van der Waals surface area contributed by atoms with Gasteiger partial charge in [-0.3, -0.25) is 14.4 Å². The second kappa shape index (κ2) is 16.4. The zero-order chi connectivity index (χ0) is 36.9. The number of sulfonamides is 1. The molecule has 2 saturated heterocycles. The molecule has 52 heavy (non-hydrogen) atoms. The van der Waals surface area contributed by atoms with E-state index in [1.54, 1.807) is 58.3 Å². The van der Waals surface area contributed by atoms with Crippen molar-refractivity contribution < 1.29 is 22.8 Å². The lowest BCUT2D eigenvalue weighted by Crippen LogP contribution is -2.59. The molecule has 2 aliphatic heterocycles. The number of amides is 3. The third-order valence-corrected chi connectivity index (χ3v) is 12.2. The second-order valence-electron chi connectivity index (χ2n) is 14.6. The van der Waals surface area contributed by atoms with E-state index in [0.29, 0.717) is 24.4 Å². The zero-order valence-corrected chi connectivity index (χ0v) is 31.5. The summed E-state index contributed by atoms with van der Waals surface area (Å²) in [5, 5.41) is 3.68. The van der Waals surface area contributed by atoms with Crippen molar-refractivity contribution in [1.29, 1.82) is 0 Å². The minimum Gasteiger partial charge on any atom is -0.352 e. The molecular formula is C39H49ClN6O5S. The number of nitrogens with one attached hydrogen (secondary N) is 2. The van der Waals surface area contributed by atoms with Crippen molar-refractivity contribution in [1.82, 2.24) is 24.7 Å². The smallest absolute Gasteiger partial charge is 0.250 e. The van der Waals surface area contributed by atoms with Crippen molar-refractivity contribution in [3.8, 4) is 0 Å². The van der Waals surface area contributed by atoms with Crippen LogP contribution in [0.3, 0.4) is 0 Å². The standard InChI is InChI=1S/C39H49ClN6O5S/c1-43(2)26-30-15-19-34(20-16-30)52(50,51)42-35(25-29-13-17-31(40)18-14-29)37(48)44-23-21-39(22-24-44)38(49)45(28-46(39)33-11-7-4-8-12-33)27-36(47)41-32-9-5-3-6-10-32/h4,7-8,11-20,32,35,42H,3,5-6,9-10,21-28H2,1-2H3,(H,41,47). The number of nitrogens with zero attached hydrogens (tertiary/aromatic N) is 4. The molecule has 3 aliphatic rings. The van der Waals surface area contributed by atoms with Gasteiger partial charge in [-0.15, -0.1) is 0 Å². The Morgan fingerprint density at radius 1 is 0.904 bits per heavy atom. The highest BCUT2D eigenvalue weighted by Gasteiger charge is 2.54. The van der Waals surface area contributed by atoms with Gasteiger partial charge in [-0.1, -0.05) is 73.3 Å². The number of piperidine rings is 1. The Hall–Kier alpha value is -3.97. The number of hydrogen-bond acceptors (Lipinski definition) is 7. The lowest BCUT2D eigenvalue weighted by atomic mass is 9.85. The Balaban J connectivity index is 1.19. The van der Waals surface area contributed by atoms with E-state index >= 15 is 0 Å². The number of halogens is 1. The fourth-order valence-electron chi connectivity index (χ4n) is 7.76. The molecule has 1 saturated carbocycles. The predicted octanol–water partition coefficient (Wildman–Crippen LogP) is 4.41. The van der Waals surface area contributed by atoms with Gasteiger partial charge in [-0.2, -0.15) is 4.72 Å². The van der Waals surface area contributed by atoms with Crippen molar-refractivity contribution in [3.05, 3.63) is 95.0 Å². The number of carbonyl (C=O) groups excluding carboxylic acids is 3. The summed E-state index contributed by atoms with van der Waals surface area (Å²) < 4.78 is 30.1. The third-order valence-electron chi connectivity index (χ3n) is 10.5. The summed E-state index contributed by atoms with van der Waals surface area (Å²) >= 11 is 6.13. The first-order chi connectivity index (χ1) is 24.9. The number of rotatable bonds is 12. The van der Waals surface area contributed by atoms with Crippen LogP contribution in [0, 0.1) is 0 Å². The average molecular weight is 749 g/mol. The maximum atomic E-state index is 14.3. The first kappa shape index (κ1) is 37.8. The van der Waals surface area contributed by atoms with Crippen LogP contribution in [0.25, 0.3) is 0 Å². The van der Waals surface area contributed by atoms with Crippen LogP contribution in [-0.2, 0) is 37.4 Å². The molecule has 1 spiro atoms. The van der Waals surface area contributed by atoms with Crippen LogP contribution in [0.2, 0.25) is 5.02 Å². The van der Waals surface area contributed by atoms with E-state index < -0.39 is 21.6 Å². The normalized spacial score (nSPS) is 18.6. The largest absolute Gasteiger partial charge is 0.352 e. The molecule has 0 radical (unpaired) electrons. The highest BCUT2D eigenvalue weighted by atomic mass is 35.5. The van der Waals surface area contributed by atoms with Gasteiger partial charge in [0.25, 0.3) is 5.91 Å². The maximum absolute atomic E-state index is 14.3. The molecule has 1 aliphatic carbocycles. The molecule has 3 fully saturated rings. The molecule has 278 valence electrons. The van der Waals surface area contributed by atoms with Crippen LogP contribution in [0.15, 0.2) is 83.8 Å². The maximum Gasteiger partial charge on any atom is 0.250 e. The lowest BCUT2D eigenvalue weighted by molar-refractivity contribution is -0.140. The van der Waals surface area contributed by atoms with Gasteiger partial charge in [0.15, 0.2) is 0 Å². The number of benzene rings is 3. The number of likely N-dealkylation sites (tertiary alicyclic amines) is 1. The summed E-state index contributed by atoms with van der Waals surface area (Å²) in [6, 6.07) is 22.4. The minimum absolute atomic E-state index is 0.0237. The van der Waals surface area contributed by atoms with Crippen LogP contribution < -0.4 is 14.9 Å². The third kappa shape index (κ3) is 8.79. The molecule has 0 bridgehead atoms. The number of carbonyl (C=O) groups is 3. The van der Waals surface area contributed by atoms with Crippen LogP contribution >= 0.6 is 11.6 Å². The van der Waals surface area contributed by atoms with Gasteiger partial charge < -0.3 is 24.9 Å². The van der Waals surface area contributed by atoms with Crippen molar-refractivity contribution in [2.75, 3.05) is 45.3 Å². The van der Waals surface area contributed by atoms with Crippen molar-refractivity contribution in [3.63, 3.8) is 0 Å². The van der Waals surface area contributed by atoms with Gasteiger partial charge in [-0.05, 0) is 93.7 Å². The molecule has 3 aromatic rings. The summed E-state index contributed by atoms with van der Waals surface area (Å²) in [6.45, 7) is 1.39. The number of anilines is 1. The Bertz CT molecular complexity index is 1810. The Kier molecular flexibility index (Phi) is 11.9. The van der Waals surface area contributed by atoms with Crippen molar-refractivity contribution in [2.45, 2.75) is 80.4 Å². The summed E-state index contributed by atoms with van der Waals surface area (Å²) in [6.07, 6.45) is 6.09. The van der Waals surface area contributed by atoms with Crippen LogP contribution in [0.5, 0.6) is 0 Å². The fraction of sp³-hybridized carbons (Fsp3) is 0.462. The minimum atomic E-state index is -4.07. The lowest BCUT2D eigenvalue weighted by Gasteiger charge is -2.44. The van der Waals surface area contributed by atoms with Crippen molar-refractivity contribution >= 4 is 45.0 Å². The first-order valence-corrected chi connectivity index (χ1v) is 20.0. The average Bonchev–Trinajstić information content (AvgIpc) is 3.39. The molecule has 2 N–H and O–H groups in total. The molecule has 13 heteroatoms. The summed E-state index contributed by atoms with van der Waals surface area (Å²) in [5.41, 5.74) is 1.65. The molecule has 3 amide bonds. The Labute approximate surface area is 312 Å². The van der Waals surface area contributed by atoms with E-state index in [2.05, 4.69) is 14.9 Å². The highest BCUT2D eigenvalue weighted by molar-refractivity contribution is 7.89. The molecule has 3 aromatic carbocycles. The number of hydrogen-bond donors (Lipinski definition) is 2. The number of para-hydroxylation sites is 1. The quantitative estimate of drug-likeness (QED) is 0.282. The van der Waals surface area contributed by atoms with E-state index in [1.807, 2.05) is 49.3 Å². The first-order valence-electron chi connectivity index (χ1n) is 18.1. The highest BCUT2D eigenvalue weighted by Crippen LogP contribution is 2.39. The molecule has 1 atom stereocenters. The van der Waals surface area contributed by atoms with Gasteiger partial charge in [0, 0.05) is 36.4 Å². The van der Waals surface area contributed by atoms with E-state index in [1.165, 1.54) is 6.42 Å². The van der Waals surface area contributed by atoms with Crippen LogP contribution in [-0.4, -0.2) is 98.9 Å². The Morgan fingerprint density at radius 2 is 1.54 bits per heavy atom. The van der Waals surface area contributed by atoms with Crippen molar-refractivity contribution in [2.24, 2.45) is 0 Å². The molecular weight excluding hydrogens is 700 g/mol. The molecule has 6 rings (SSSR count). The molecule has 1 unspecified atom stereocenters. The van der Waals surface area contributed by atoms with Gasteiger partial charge in [-0.25, -0.2) is 8.42 Å². The zero-order valence-electron chi connectivity index (χ0n) is 30.0. The molecule has 11 nitrogen and oxygen atoms in total. The predicted molar refractivity (Wildman–Crippen MR) is 202 cm³/mol. The summed E-state index contributed by atoms with van der Waals surface area (Å²) in [7, 11) is -0.184. The van der Waals surface area contributed by atoms with Gasteiger partial charge in [0.1, 0.15) is 18.1 Å². The van der Waals surface area contributed by atoms with E-state index in [-0.39, 0.29) is 61.4 Å². The summed E-state index contributed by atoms with van der Waals surface area (Å²) in [5.74, 6) is -0.640. The molecule has 0 aromatic heterocycles. The summed E-state index contributed by atoms with van der Waals surface area (Å²) in [4.78, 5) is 49.2. The van der Waals surface area contributed by atoms with E-state index in [4.69, 9.17) is 11.6 Å². The van der Waals surface area contributed by atoms with Gasteiger partial charge in [0.05, 0.1) is 11.6 Å². The van der Waals surface area contributed by atoms with E-state index in [0.717, 1.165) is 42.5 Å². The molecule has 2 heterocycles. The van der Waals surface area contributed by atoms with Crippen LogP contribution in [0.4, 0.5) is 5.69 Å². The topological polar surface area (TPSA) is 122 Å². The Morgan fingerprint density at radius 3 is 2.17 bits per heavy atom. The monoisotopic (exact) mass is 748 g/mol. The fourth-order valence-corrected chi connectivity index (χ4v) is 9.08. The van der Waals surface area contributed by atoms with Gasteiger partial charge in [0.2, 0.25) is 21.8 Å². The van der Waals surface area contributed by atoms with Crippen LogP contribution in [0.1, 0.15) is 56.1 Å². The SMILES string of the molecule is CN(C)Cc1ccc(S(=O)(=O)NC(Cc2ccc(Cl)cc2)C(=O)N2CCC3(CC2)C(=O)N(CC(=O)NC2CCCCC2)CN3c2ccccc2)cc1. The second-order valence-corrected chi connectivity index (χ2v) is 16.7. The van der Waals surface area contributed by atoms with Gasteiger partial charge >= 0.3 is 0 Å². The van der Waals surface area contributed by atoms with E-state index in [9.17, 15) is 22.8 Å².